The van der Waals surface area contributed by atoms with Crippen LogP contribution in [0.3, 0.4) is 0 Å². The molecule has 1 aromatic heterocycles. The summed E-state index contributed by atoms with van der Waals surface area (Å²) in [4.78, 5) is 4.16. The van der Waals surface area contributed by atoms with Crippen molar-refractivity contribution in [1.29, 1.82) is 0 Å². The summed E-state index contributed by atoms with van der Waals surface area (Å²) in [7, 11) is 0. The molecule has 1 aliphatic carbocycles. The van der Waals surface area contributed by atoms with E-state index in [0.29, 0.717) is 12.1 Å². The SMILES string of the molecule is CC(NC1CCCC1n1ccnc1)c1cc(Cl)ccc1Cl. The summed E-state index contributed by atoms with van der Waals surface area (Å²) in [5, 5.41) is 5.19. The Labute approximate surface area is 135 Å². The van der Waals surface area contributed by atoms with Crippen LogP contribution < -0.4 is 5.32 Å². The second-order valence-electron chi connectivity index (χ2n) is 5.67. The third-order valence-electron chi connectivity index (χ3n) is 4.28. The topological polar surface area (TPSA) is 29.9 Å². The van der Waals surface area contributed by atoms with Crippen molar-refractivity contribution in [3.63, 3.8) is 0 Å². The molecule has 112 valence electrons. The van der Waals surface area contributed by atoms with Gasteiger partial charge in [0.2, 0.25) is 0 Å². The number of imidazole rings is 1. The molecule has 1 aromatic carbocycles. The normalized spacial score (nSPS) is 23.4. The minimum Gasteiger partial charge on any atom is -0.333 e. The zero-order chi connectivity index (χ0) is 14.8. The standard InChI is InChI=1S/C16H19Cl2N3/c1-11(13-9-12(17)5-6-14(13)18)20-15-3-2-4-16(15)21-8-7-19-10-21/h5-11,15-16,20H,2-4H2,1H3. The van der Waals surface area contributed by atoms with E-state index in [-0.39, 0.29) is 6.04 Å². The molecule has 3 atom stereocenters. The fourth-order valence-electron chi connectivity index (χ4n) is 3.21. The first-order chi connectivity index (χ1) is 10.1. The second-order valence-corrected chi connectivity index (χ2v) is 6.51. The van der Waals surface area contributed by atoms with Gasteiger partial charge in [0.05, 0.1) is 6.33 Å². The van der Waals surface area contributed by atoms with Crippen LogP contribution in [0.5, 0.6) is 0 Å². The van der Waals surface area contributed by atoms with Crippen LogP contribution in [0, 0.1) is 0 Å². The molecule has 1 fully saturated rings. The number of hydrogen-bond donors (Lipinski definition) is 1. The molecule has 0 bridgehead atoms. The van der Waals surface area contributed by atoms with Crippen LogP contribution in [0.2, 0.25) is 10.0 Å². The number of halogens is 2. The Balaban J connectivity index is 1.74. The van der Waals surface area contributed by atoms with Crippen LogP contribution in [0.4, 0.5) is 0 Å². The average Bonchev–Trinajstić information content (AvgIpc) is 3.11. The molecule has 3 rings (SSSR count). The van der Waals surface area contributed by atoms with Gasteiger partial charge in [0, 0.05) is 40.6 Å². The van der Waals surface area contributed by atoms with Gasteiger partial charge in [-0.3, -0.25) is 0 Å². The Morgan fingerprint density at radius 3 is 2.95 bits per heavy atom. The minimum absolute atomic E-state index is 0.172. The van der Waals surface area contributed by atoms with Crippen LogP contribution in [0.25, 0.3) is 0 Å². The Hall–Kier alpha value is -1.03. The monoisotopic (exact) mass is 323 g/mol. The van der Waals surface area contributed by atoms with E-state index in [1.54, 1.807) is 0 Å². The summed E-state index contributed by atoms with van der Waals surface area (Å²) in [5.74, 6) is 0. The molecule has 5 heteroatoms. The number of hydrogen-bond acceptors (Lipinski definition) is 2. The van der Waals surface area contributed by atoms with Gasteiger partial charge in [-0.25, -0.2) is 4.98 Å². The zero-order valence-electron chi connectivity index (χ0n) is 12.0. The highest BCUT2D eigenvalue weighted by molar-refractivity contribution is 6.33. The molecular formula is C16H19Cl2N3. The van der Waals surface area contributed by atoms with E-state index in [2.05, 4.69) is 21.8 Å². The smallest absolute Gasteiger partial charge is 0.0949 e. The summed E-state index contributed by atoms with van der Waals surface area (Å²) in [6.07, 6.45) is 9.38. The predicted octanol–water partition coefficient (Wildman–Crippen LogP) is 4.63. The Morgan fingerprint density at radius 2 is 2.19 bits per heavy atom. The highest BCUT2D eigenvalue weighted by Gasteiger charge is 2.29. The third-order valence-corrected chi connectivity index (χ3v) is 4.86. The molecule has 2 aromatic rings. The Kier molecular flexibility index (Phi) is 4.53. The van der Waals surface area contributed by atoms with Gasteiger partial charge >= 0.3 is 0 Å². The highest BCUT2D eigenvalue weighted by atomic mass is 35.5. The molecule has 0 spiro atoms. The van der Waals surface area contributed by atoms with Crippen molar-refractivity contribution in [2.75, 3.05) is 0 Å². The maximum Gasteiger partial charge on any atom is 0.0949 e. The van der Waals surface area contributed by atoms with E-state index in [1.807, 2.05) is 36.9 Å². The summed E-state index contributed by atoms with van der Waals surface area (Å²) in [6, 6.07) is 6.70. The molecule has 0 radical (unpaired) electrons. The first-order valence-electron chi connectivity index (χ1n) is 7.33. The van der Waals surface area contributed by atoms with Crippen molar-refractivity contribution in [2.24, 2.45) is 0 Å². The summed E-state index contributed by atoms with van der Waals surface area (Å²) < 4.78 is 2.21. The third kappa shape index (κ3) is 3.25. The van der Waals surface area contributed by atoms with E-state index in [1.165, 1.54) is 19.3 Å². The molecule has 0 amide bonds. The molecule has 3 unspecified atom stereocenters. The van der Waals surface area contributed by atoms with Crippen molar-refractivity contribution < 1.29 is 0 Å². The number of nitrogens with one attached hydrogen (secondary N) is 1. The van der Waals surface area contributed by atoms with Gasteiger partial charge in [0.25, 0.3) is 0 Å². The van der Waals surface area contributed by atoms with Crippen molar-refractivity contribution in [2.45, 2.75) is 44.3 Å². The largest absolute Gasteiger partial charge is 0.333 e. The number of aromatic nitrogens is 2. The maximum atomic E-state index is 6.30. The molecular weight excluding hydrogens is 305 g/mol. The molecule has 0 aliphatic heterocycles. The Bertz CT molecular complexity index is 598. The molecule has 0 saturated heterocycles. The summed E-state index contributed by atoms with van der Waals surface area (Å²) in [5.41, 5.74) is 1.06. The lowest BCUT2D eigenvalue weighted by Gasteiger charge is -2.26. The van der Waals surface area contributed by atoms with Crippen LogP contribution in [-0.4, -0.2) is 15.6 Å². The summed E-state index contributed by atoms with van der Waals surface area (Å²) in [6.45, 7) is 2.14. The average molecular weight is 324 g/mol. The fourth-order valence-corrected chi connectivity index (χ4v) is 3.68. The van der Waals surface area contributed by atoms with Gasteiger partial charge in [-0.05, 0) is 49.9 Å². The van der Waals surface area contributed by atoms with Gasteiger partial charge in [-0.1, -0.05) is 23.2 Å². The van der Waals surface area contributed by atoms with E-state index < -0.39 is 0 Å². The number of rotatable bonds is 4. The molecule has 1 saturated carbocycles. The van der Waals surface area contributed by atoms with Gasteiger partial charge in [0.15, 0.2) is 0 Å². The maximum absolute atomic E-state index is 6.30. The number of benzene rings is 1. The lowest BCUT2D eigenvalue weighted by atomic mass is 10.1. The fraction of sp³-hybridized carbons (Fsp3) is 0.438. The first-order valence-corrected chi connectivity index (χ1v) is 8.09. The zero-order valence-corrected chi connectivity index (χ0v) is 13.5. The van der Waals surface area contributed by atoms with Gasteiger partial charge in [-0.15, -0.1) is 0 Å². The van der Waals surface area contributed by atoms with E-state index in [0.717, 1.165) is 15.6 Å². The van der Waals surface area contributed by atoms with Crippen LogP contribution in [0.1, 0.15) is 43.8 Å². The van der Waals surface area contributed by atoms with Gasteiger partial charge < -0.3 is 9.88 Å². The van der Waals surface area contributed by atoms with Crippen LogP contribution >= 0.6 is 23.2 Å². The quantitative estimate of drug-likeness (QED) is 0.888. The molecule has 3 nitrogen and oxygen atoms in total. The van der Waals surface area contributed by atoms with E-state index >= 15 is 0 Å². The minimum atomic E-state index is 0.172. The van der Waals surface area contributed by atoms with Crippen LogP contribution in [-0.2, 0) is 0 Å². The van der Waals surface area contributed by atoms with Crippen molar-refractivity contribution in [3.05, 3.63) is 52.5 Å². The van der Waals surface area contributed by atoms with Crippen molar-refractivity contribution in [1.82, 2.24) is 14.9 Å². The predicted molar refractivity (Wildman–Crippen MR) is 86.9 cm³/mol. The van der Waals surface area contributed by atoms with Gasteiger partial charge in [-0.2, -0.15) is 0 Å². The molecule has 1 aliphatic rings. The van der Waals surface area contributed by atoms with E-state index in [9.17, 15) is 0 Å². The van der Waals surface area contributed by atoms with E-state index in [4.69, 9.17) is 23.2 Å². The Morgan fingerprint density at radius 1 is 1.33 bits per heavy atom. The molecule has 1 heterocycles. The lowest BCUT2D eigenvalue weighted by molar-refractivity contribution is 0.362. The second kappa shape index (κ2) is 6.39. The van der Waals surface area contributed by atoms with Gasteiger partial charge in [0.1, 0.15) is 0 Å². The lowest BCUT2D eigenvalue weighted by Crippen LogP contribution is -2.35. The van der Waals surface area contributed by atoms with Crippen molar-refractivity contribution >= 4 is 23.2 Å². The molecule has 1 N–H and O–H groups in total. The number of nitrogens with zero attached hydrogens (tertiary/aromatic N) is 2. The molecule has 21 heavy (non-hydrogen) atoms. The highest BCUT2D eigenvalue weighted by Crippen LogP contribution is 2.33. The van der Waals surface area contributed by atoms with Crippen LogP contribution in [0.15, 0.2) is 36.9 Å². The van der Waals surface area contributed by atoms with Crippen molar-refractivity contribution in [3.8, 4) is 0 Å². The first kappa shape index (κ1) is 14.9. The summed E-state index contributed by atoms with van der Waals surface area (Å²) >= 11 is 12.4.